The van der Waals surface area contributed by atoms with Crippen molar-refractivity contribution in [2.24, 2.45) is 0 Å². The van der Waals surface area contributed by atoms with Gasteiger partial charge in [0, 0.05) is 31.9 Å². The lowest BCUT2D eigenvalue weighted by atomic mass is 10.2. The third-order valence-electron chi connectivity index (χ3n) is 3.01. The molecule has 128 valence electrons. The van der Waals surface area contributed by atoms with Crippen LogP contribution in [0.1, 0.15) is 23.0 Å². The van der Waals surface area contributed by atoms with Crippen molar-refractivity contribution in [1.82, 2.24) is 19.9 Å². The summed E-state index contributed by atoms with van der Waals surface area (Å²) in [7, 11) is 2.56. The standard InChI is InChI=1S/C13H12F3N5O3/c1-6-4-8(22)21(10(6)23)19-12-17-5-7(11(24)20(2)3)9(18-12)13(14,15)16/h4-5H,1-3H3,(H,17,18,19). The average Bonchev–Trinajstić information content (AvgIpc) is 2.72. The molecule has 1 aromatic rings. The maximum Gasteiger partial charge on any atom is 0.434 e. The van der Waals surface area contributed by atoms with Crippen molar-refractivity contribution >= 4 is 23.7 Å². The summed E-state index contributed by atoms with van der Waals surface area (Å²) in [6.45, 7) is 1.38. The highest BCUT2D eigenvalue weighted by atomic mass is 19.4. The van der Waals surface area contributed by atoms with E-state index in [-0.39, 0.29) is 5.57 Å². The number of imide groups is 1. The van der Waals surface area contributed by atoms with Gasteiger partial charge in [-0.3, -0.25) is 19.8 Å². The number of rotatable bonds is 3. The van der Waals surface area contributed by atoms with Crippen molar-refractivity contribution in [1.29, 1.82) is 0 Å². The topological polar surface area (TPSA) is 95.5 Å². The molecule has 0 spiro atoms. The molecule has 1 N–H and O–H groups in total. The Morgan fingerprint density at radius 2 is 1.92 bits per heavy atom. The number of hydrogen-bond donors (Lipinski definition) is 1. The number of amides is 3. The summed E-state index contributed by atoms with van der Waals surface area (Å²) in [5.41, 5.74) is 0.0136. The molecular weight excluding hydrogens is 331 g/mol. The van der Waals surface area contributed by atoms with Crippen molar-refractivity contribution in [2.45, 2.75) is 13.1 Å². The second-order valence-corrected chi connectivity index (χ2v) is 5.07. The van der Waals surface area contributed by atoms with Gasteiger partial charge in [0.25, 0.3) is 17.7 Å². The molecular formula is C13H12F3N5O3. The van der Waals surface area contributed by atoms with Gasteiger partial charge < -0.3 is 4.90 Å². The second-order valence-electron chi connectivity index (χ2n) is 5.07. The lowest BCUT2D eigenvalue weighted by Crippen LogP contribution is -2.37. The van der Waals surface area contributed by atoms with E-state index in [0.29, 0.717) is 11.2 Å². The molecule has 0 saturated heterocycles. The molecule has 1 aliphatic rings. The molecule has 0 unspecified atom stereocenters. The Hall–Kier alpha value is -2.98. The van der Waals surface area contributed by atoms with Crippen LogP contribution in [0.25, 0.3) is 0 Å². The Morgan fingerprint density at radius 1 is 1.29 bits per heavy atom. The maximum atomic E-state index is 13.1. The Morgan fingerprint density at radius 3 is 2.38 bits per heavy atom. The van der Waals surface area contributed by atoms with E-state index in [2.05, 4.69) is 15.4 Å². The molecule has 8 nitrogen and oxygen atoms in total. The first-order valence-electron chi connectivity index (χ1n) is 6.51. The van der Waals surface area contributed by atoms with Crippen molar-refractivity contribution in [3.63, 3.8) is 0 Å². The number of anilines is 1. The summed E-state index contributed by atoms with van der Waals surface area (Å²) in [4.78, 5) is 42.9. The summed E-state index contributed by atoms with van der Waals surface area (Å²) in [6, 6.07) is 0. The van der Waals surface area contributed by atoms with Gasteiger partial charge in [0.2, 0.25) is 5.95 Å². The van der Waals surface area contributed by atoms with Gasteiger partial charge in [0.15, 0.2) is 5.69 Å². The van der Waals surface area contributed by atoms with Crippen LogP contribution in [0.5, 0.6) is 0 Å². The minimum absolute atomic E-state index is 0.114. The number of nitrogens with one attached hydrogen (secondary N) is 1. The van der Waals surface area contributed by atoms with Crippen molar-refractivity contribution in [3.8, 4) is 0 Å². The largest absolute Gasteiger partial charge is 0.434 e. The van der Waals surface area contributed by atoms with Gasteiger partial charge in [-0.1, -0.05) is 0 Å². The fourth-order valence-corrected chi connectivity index (χ4v) is 1.84. The van der Waals surface area contributed by atoms with E-state index in [0.717, 1.165) is 11.0 Å². The molecule has 0 bridgehead atoms. The van der Waals surface area contributed by atoms with E-state index in [4.69, 9.17) is 0 Å². The monoisotopic (exact) mass is 343 g/mol. The third kappa shape index (κ3) is 3.19. The molecule has 2 heterocycles. The van der Waals surface area contributed by atoms with Gasteiger partial charge >= 0.3 is 6.18 Å². The number of alkyl halides is 3. The van der Waals surface area contributed by atoms with Crippen LogP contribution < -0.4 is 5.43 Å². The molecule has 11 heteroatoms. The van der Waals surface area contributed by atoms with Crippen LogP contribution >= 0.6 is 0 Å². The smallest absolute Gasteiger partial charge is 0.345 e. The first-order chi connectivity index (χ1) is 11.0. The fraction of sp³-hybridized carbons (Fsp3) is 0.308. The van der Waals surface area contributed by atoms with E-state index in [1.54, 1.807) is 0 Å². The SMILES string of the molecule is CC1=CC(=O)N(Nc2ncc(C(=O)N(C)C)c(C(F)(F)F)n2)C1=O. The summed E-state index contributed by atoms with van der Waals surface area (Å²) in [6.07, 6.45) is -3.22. The predicted molar refractivity (Wildman–Crippen MR) is 74.3 cm³/mol. The van der Waals surface area contributed by atoms with Gasteiger partial charge in [0.05, 0.1) is 5.56 Å². The van der Waals surface area contributed by atoms with Crippen molar-refractivity contribution in [2.75, 3.05) is 19.5 Å². The minimum atomic E-state index is -4.92. The van der Waals surface area contributed by atoms with Crippen LogP contribution in [0.2, 0.25) is 0 Å². The number of halogens is 3. The van der Waals surface area contributed by atoms with E-state index < -0.39 is 41.1 Å². The van der Waals surface area contributed by atoms with E-state index in [1.807, 2.05) is 0 Å². The van der Waals surface area contributed by atoms with E-state index in [9.17, 15) is 27.6 Å². The molecule has 1 aromatic heterocycles. The Bertz CT molecular complexity index is 758. The molecule has 0 aromatic carbocycles. The molecule has 3 amide bonds. The van der Waals surface area contributed by atoms with Crippen LogP contribution in [-0.2, 0) is 15.8 Å². The van der Waals surface area contributed by atoms with Gasteiger partial charge in [-0.25, -0.2) is 9.97 Å². The summed E-state index contributed by atoms with van der Waals surface area (Å²) in [5, 5.41) is 0.484. The second kappa shape index (κ2) is 5.91. The van der Waals surface area contributed by atoms with Crippen LogP contribution in [0, 0.1) is 0 Å². The van der Waals surface area contributed by atoms with E-state index in [1.165, 1.54) is 21.0 Å². The third-order valence-corrected chi connectivity index (χ3v) is 3.01. The minimum Gasteiger partial charge on any atom is -0.345 e. The van der Waals surface area contributed by atoms with Crippen LogP contribution in [0.3, 0.4) is 0 Å². The average molecular weight is 343 g/mol. The normalized spacial score (nSPS) is 14.8. The Balaban J connectivity index is 2.39. The first-order valence-corrected chi connectivity index (χ1v) is 6.51. The predicted octanol–water partition coefficient (Wildman–Crippen LogP) is 0.839. The zero-order valence-corrected chi connectivity index (χ0v) is 12.8. The summed E-state index contributed by atoms with van der Waals surface area (Å²) in [5.74, 6) is -3.06. The van der Waals surface area contributed by atoms with Gasteiger partial charge in [-0.15, -0.1) is 0 Å². The lowest BCUT2D eigenvalue weighted by Gasteiger charge is -2.18. The zero-order chi connectivity index (χ0) is 18.2. The molecule has 1 aliphatic heterocycles. The highest BCUT2D eigenvalue weighted by Crippen LogP contribution is 2.31. The molecule has 0 radical (unpaired) electrons. The number of hydrazine groups is 1. The Labute approximate surface area is 133 Å². The highest BCUT2D eigenvalue weighted by molar-refractivity contribution is 6.16. The number of aromatic nitrogens is 2. The number of carbonyl (C=O) groups is 3. The lowest BCUT2D eigenvalue weighted by molar-refractivity contribution is -0.141. The zero-order valence-electron chi connectivity index (χ0n) is 12.8. The fourth-order valence-electron chi connectivity index (χ4n) is 1.84. The molecule has 0 saturated carbocycles. The molecule has 24 heavy (non-hydrogen) atoms. The molecule has 0 aliphatic carbocycles. The number of hydrogen-bond acceptors (Lipinski definition) is 6. The Kier molecular flexibility index (Phi) is 4.28. The maximum absolute atomic E-state index is 13.1. The number of nitrogens with zero attached hydrogens (tertiary/aromatic N) is 4. The molecule has 0 fully saturated rings. The quantitative estimate of drug-likeness (QED) is 0.817. The summed E-state index contributed by atoms with van der Waals surface area (Å²) >= 11 is 0. The van der Waals surface area contributed by atoms with Gasteiger partial charge in [0.1, 0.15) is 0 Å². The highest BCUT2D eigenvalue weighted by Gasteiger charge is 2.39. The van der Waals surface area contributed by atoms with Crippen LogP contribution in [-0.4, -0.2) is 51.7 Å². The van der Waals surface area contributed by atoms with Gasteiger partial charge in [-0.2, -0.15) is 18.2 Å². The van der Waals surface area contributed by atoms with Crippen LogP contribution in [0.4, 0.5) is 19.1 Å². The van der Waals surface area contributed by atoms with E-state index >= 15 is 0 Å². The van der Waals surface area contributed by atoms with Crippen molar-refractivity contribution < 1.29 is 27.6 Å². The van der Waals surface area contributed by atoms with Gasteiger partial charge in [-0.05, 0) is 6.92 Å². The first kappa shape index (κ1) is 17.4. The molecule has 0 atom stereocenters. The van der Waals surface area contributed by atoms with Crippen LogP contribution in [0.15, 0.2) is 17.8 Å². The summed E-state index contributed by atoms with van der Waals surface area (Å²) < 4.78 is 39.4. The van der Waals surface area contributed by atoms with Crippen molar-refractivity contribution in [3.05, 3.63) is 29.1 Å². The molecule has 2 rings (SSSR count). The number of carbonyl (C=O) groups excluding carboxylic acids is 3.